The molecule has 0 aromatic heterocycles. The zero-order valence-corrected chi connectivity index (χ0v) is 40.2. The van der Waals surface area contributed by atoms with E-state index in [9.17, 15) is 14.4 Å². The molecule has 354 valence electrons. The summed E-state index contributed by atoms with van der Waals surface area (Å²) in [6.45, 7) is 6.11. The minimum absolute atomic E-state index is 0.149. The van der Waals surface area contributed by atoms with Gasteiger partial charge in [0.05, 0.1) is 0 Å². The van der Waals surface area contributed by atoms with Crippen LogP contribution in [0.5, 0.6) is 0 Å². The summed E-state index contributed by atoms with van der Waals surface area (Å²) in [4.78, 5) is 37.8. The Kier molecular flexibility index (Phi) is 46.7. The Hall–Kier alpha value is -4.97. The van der Waals surface area contributed by atoms with Crippen LogP contribution in [0.25, 0.3) is 0 Å². The summed E-state index contributed by atoms with van der Waals surface area (Å²) in [7, 11) is 0. The smallest absolute Gasteiger partial charge is 0.306 e. The van der Waals surface area contributed by atoms with Gasteiger partial charge in [0.25, 0.3) is 0 Å². The summed E-state index contributed by atoms with van der Waals surface area (Å²) in [5.41, 5.74) is 0. The molecule has 6 nitrogen and oxygen atoms in total. The topological polar surface area (TPSA) is 78.9 Å². The second-order valence-electron chi connectivity index (χ2n) is 15.2. The standard InChI is InChI=1S/C58H86O6/c1-4-7-10-13-16-19-22-24-26-28-29-30-32-33-36-39-42-45-48-51-57(60)63-54-55(53-62-56(59)50-47-44-41-38-35-21-18-15-12-9-6-3)64-58(61)52-49-46-43-40-37-34-31-27-25-23-20-17-14-11-8-5-2/h7-12,16-21,24-27,29-30,33-34,36-38,41-42,45,55H,4-6,13-15,22-23,28,31-32,35,39-40,43-44,46-54H2,1-3H3/b10-7-,11-8-,12-9-,19-16-,20-17-,21-18-,26-24-,27-25-,30-29-,36-33-,37-34-,41-38-,45-42-. The molecule has 1 unspecified atom stereocenters. The number of rotatable bonds is 41. The highest BCUT2D eigenvalue weighted by Crippen LogP contribution is 2.09. The fraction of sp³-hybridized carbons (Fsp3) is 0.500. The van der Waals surface area contributed by atoms with Crippen molar-refractivity contribution in [3.05, 3.63) is 158 Å². The van der Waals surface area contributed by atoms with Crippen molar-refractivity contribution in [2.75, 3.05) is 13.2 Å². The van der Waals surface area contributed by atoms with E-state index in [4.69, 9.17) is 14.2 Å². The van der Waals surface area contributed by atoms with Crippen molar-refractivity contribution in [1.82, 2.24) is 0 Å². The van der Waals surface area contributed by atoms with Gasteiger partial charge in [-0.2, -0.15) is 0 Å². The highest BCUT2D eigenvalue weighted by atomic mass is 16.6. The molecule has 0 aromatic carbocycles. The van der Waals surface area contributed by atoms with Crippen molar-refractivity contribution in [3.63, 3.8) is 0 Å². The van der Waals surface area contributed by atoms with Crippen LogP contribution in [0.2, 0.25) is 0 Å². The normalized spacial score (nSPS) is 13.5. The number of allylic oxidation sites excluding steroid dienone is 26. The molecule has 0 bridgehead atoms. The first-order chi connectivity index (χ1) is 31.5. The maximum absolute atomic E-state index is 12.8. The number of unbranched alkanes of at least 4 members (excludes halogenated alkanes) is 4. The molecule has 1 atom stereocenters. The summed E-state index contributed by atoms with van der Waals surface area (Å²) in [6, 6.07) is 0. The predicted molar refractivity (Wildman–Crippen MR) is 274 cm³/mol. The maximum atomic E-state index is 12.8. The molecule has 6 heteroatoms. The Bertz CT molecular complexity index is 1520. The Balaban J connectivity index is 4.63. The average Bonchev–Trinajstić information content (AvgIpc) is 3.29. The first-order valence-electron chi connectivity index (χ1n) is 24.5. The van der Waals surface area contributed by atoms with Crippen LogP contribution in [0.4, 0.5) is 0 Å². The fourth-order valence-electron chi connectivity index (χ4n) is 5.71. The lowest BCUT2D eigenvalue weighted by Crippen LogP contribution is -2.30. The molecule has 0 rings (SSSR count). The number of carbonyl (C=O) groups is 3. The number of hydrogen-bond donors (Lipinski definition) is 0. The first kappa shape index (κ1) is 59.0. The van der Waals surface area contributed by atoms with Crippen molar-refractivity contribution >= 4 is 17.9 Å². The second kappa shape index (κ2) is 50.7. The molecule has 0 aromatic rings. The van der Waals surface area contributed by atoms with Crippen molar-refractivity contribution in [2.24, 2.45) is 0 Å². The van der Waals surface area contributed by atoms with Gasteiger partial charge in [-0.1, -0.05) is 185 Å². The highest BCUT2D eigenvalue weighted by Gasteiger charge is 2.19. The number of esters is 3. The summed E-state index contributed by atoms with van der Waals surface area (Å²) in [6.07, 6.45) is 73.9. The van der Waals surface area contributed by atoms with Crippen LogP contribution in [-0.2, 0) is 28.6 Å². The molecular formula is C58H86O6. The monoisotopic (exact) mass is 879 g/mol. The van der Waals surface area contributed by atoms with Gasteiger partial charge in [0.15, 0.2) is 6.10 Å². The van der Waals surface area contributed by atoms with Crippen LogP contribution in [0, 0.1) is 0 Å². The molecular weight excluding hydrogens is 793 g/mol. The van der Waals surface area contributed by atoms with Crippen molar-refractivity contribution in [1.29, 1.82) is 0 Å². The van der Waals surface area contributed by atoms with Crippen molar-refractivity contribution in [2.45, 2.75) is 175 Å². The molecule has 0 amide bonds. The maximum Gasteiger partial charge on any atom is 0.306 e. The van der Waals surface area contributed by atoms with Gasteiger partial charge in [0.1, 0.15) is 13.2 Å². The van der Waals surface area contributed by atoms with Crippen LogP contribution in [-0.4, -0.2) is 37.2 Å². The van der Waals surface area contributed by atoms with Gasteiger partial charge in [-0.25, -0.2) is 0 Å². The molecule has 0 saturated carbocycles. The highest BCUT2D eigenvalue weighted by molar-refractivity contribution is 5.71. The predicted octanol–water partition coefficient (Wildman–Crippen LogP) is 16.2. The van der Waals surface area contributed by atoms with E-state index in [1.165, 1.54) is 0 Å². The molecule has 0 aliphatic heterocycles. The molecule has 64 heavy (non-hydrogen) atoms. The van der Waals surface area contributed by atoms with Crippen LogP contribution < -0.4 is 0 Å². The van der Waals surface area contributed by atoms with Gasteiger partial charge in [-0.3, -0.25) is 14.4 Å². The SMILES string of the molecule is CC/C=C\C/C=C\C/C=C\C/C=C\C/C=C\C/C=C\CCC(=O)OCC(COC(=O)CCC/C=C\C/C=C\C/C=C\CC)OC(=O)CCCCC/C=C\C/C=C\C/C=C\C/C=C\CC. The van der Waals surface area contributed by atoms with Gasteiger partial charge >= 0.3 is 17.9 Å². The lowest BCUT2D eigenvalue weighted by atomic mass is 10.1. The third kappa shape index (κ3) is 48.1. The van der Waals surface area contributed by atoms with Crippen LogP contribution in [0.1, 0.15) is 168 Å². The summed E-state index contributed by atoms with van der Waals surface area (Å²) >= 11 is 0. The van der Waals surface area contributed by atoms with Crippen LogP contribution in [0.15, 0.2) is 158 Å². The van der Waals surface area contributed by atoms with E-state index in [0.29, 0.717) is 19.3 Å². The van der Waals surface area contributed by atoms with Crippen molar-refractivity contribution in [3.8, 4) is 0 Å². The summed E-state index contributed by atoms with van der Waals surface area (Å²) in [5.74, 6) is -1.13. The fourth-order valence-corrected chi connectivity index (χ4v) is 5.71. The Morgan fingerprint density at radius 3 is 0.984 bits per heavy atom. The molecule has 0 N–H and O–H groups in total. The van der Waals surface area contributed by atoms with Gasteiger partial charge in [-0.15, -0.1) is 0 Å². The Labute approximate surface area is 390 Å². The molecule has 0 radical (unpaired) electrons. The van der Waals surface area contributed by atoms with E-state index in [2.05, 4.69) is 167 Å². The van der Waals surface area contributed by atoms with Crippen LogP contribution in [0.3, 0.4) is 0 Å². The molecule has 0 fully saturated rings. The largest absolute Gasteiger partial charge is 0.462 e. The van der Waals surface area contributed by atoms with Crippen LogP contribution >= 0.6 is 0 Å². The van der Waals surface area contributed by atoms with E-state index in [1.807, 2.05) is 12.2 Å². The van der Waals surface area contributed by atoms with Gasteiger partial charge in [-0.05, 0) is 122 Å². The third-order valence-electron chi connectivity index (χ3n) is 9.27. The average molecular weight is 879 g/mol. The lowest BCUT2D eigenvalue weighted by molar-refractivity contribution is -0.166. The van der Waals surface area contributed by atoms with E-state index in [-0.39, 0.29) is 50.4 Å². The number of ether oxygens (including phenoxy) is 3. The first-order valence-corrected chi connectivity index (χ1v) is 24.5. The van der Waals surface area contributed by atoms with Crippen molar-refractivity contribution < 1.29 is 28.6 Å². The molecule has 0 aliphatic carbocycles. The van der Waals surface area contributed by atoms with E-state index in [1.54, 1.807) is 0 Å². The van der Waals surface area contributed by atoms with E-state index < -0.39 is 6.10 Å². The number of carbonyl (C=O) groups excluding carboxylic acids is 3. The van der Waals surface area contributed by atoms with E-state index >= 15 is 0 Å². The minimum Gasteiger partial charge on any atom is -0.462 e. The van der Waals surface area contributed by atoms with Gasteiger partial charge < -0.3 is 14.2 Å². The Morgan fingerprint density at radius 1 is 0.312 bits per heavy atom. The second-order valence-corrected chi connectivity index (χ2v) is 15.2. The Morgan fingerprint density at radius 2 is 0.609 bits per heavy atom. The summed E-state index contributed by atoms with van der Waals surface area (Å²) < 4.78 is 16.6. The zero-order chi connectivity index (χ0) is 46.5. The zero-order valence-electron chi connectivity index (χ0n) is 40.2. The number of hydrogen-bond acceptors (Lipinski definition) is 6. The lowest BCUT2D eigenvalue weighted by Gasteiger charge is -2.18. The molecule has 0 spiro atoms. The molecule has 0 heterocycles. The van der Waals surface area contributed by atoms with Gasteiger partial charge in [0.2, 0.25) is 0 Å². The molecule has 0 aliphatic rings. The third-order valence-corrected chi connectivity index (χ3v) is 9.27. The summed E-state index contributed by atoms with van der Waals surface area (Å²) in [5, 5.41) is 0. The van der Waals surface area contributed by atoms with Gasteiger partial charge in [0, 0.05) is 19.3 Å². The quantitative estimate of drug-likeness (QED) is 0.0263. The molecule has 0 saturated heterocycles. The minimum atomic E-state index is -0.852. The van der Waals surface area contributed by atoms with E-state index in [0.717, 1.165) is 109 Å².